The number of hydrogen-bond donors (Lipinski definition) is 2. The molecule has 0 aliphatic heterocycles. The zero-order valence-electron chi connectivity index (χ0n) is 15.7. The molecular formula is C19H28N4O2. The van der Waals surface area contributed by atoms with Gasteiger partial charge in [0.2, 0.25) is 5.91 Å². The van der Waals surface area contributed by atoms with Gasteiger partial charge in [-0.15, -0.1) is 0 Å². The van der Waals surface area contributed by atoms with Gasteiger partial charge in [-0.3, -0.25) is 9.69 Å². The molecule has 1 atom stereocenters. The van der Waals surface area contributed by atoms with Crippen LogP contribution in [0.5, 0.6) is 0 Å². The fourth-order valence-electron chi connectivity index (χ4n) is 2.67. The second kappa shape index (κ2) is 8.27. The Bertz CT molecular complexity index is 720. The second-order valence-corrected chi connectivity index (χ2v) is 6.72. The number of likely N-dealkylation sites (N-methyl/N-ethyl adjacent to an activating group) is 1. The number of carbonyl (C=O) groups is 1. The number of benzene rings is 1. The number of carbonyl (C=O) groups excluding carboxylic acids is 1. The number of nitrogens with one attached hydrogen (secondary N) is 1. The minimum atomic E-state index is -0.359. The van der Waals surface area contributed by atoms with Crippen molar-refractivity contribution in [1.82, 2.24) is 14.7 Å². The summed E-state index contributed by atoms with van der Waals surface area (Å²) in [6.07, 6.45) is 0.287. The largest absolute Gasteiger partial charge is 0.393 e. The van der Waals surface area contributed by atoms with E-state index in [4.69, 9.17) is 0 Å². The third-order valence-electron chi connectivity index (χ3n) is 4.18. The van der Waals surface area contributed by atoms with Crippen molar-refractivity contribution in [3.05, 3.63) is 41.2 Å². The molecule has 0 bridgehead atoms. The lowest BCUT2D eigenvalue weighted by atomic mass is 10.2. The molecule has 0 radical (unpaired) electrons. The molecule has 2 N–H and O–H groups in total. The van der Waals surface area contributed by atoms with Gasteiger partial charge in [0.05, 0.1) is 35.4 Å². The monoisotopic (exact) mass is 344 g/mol. The molecule has 0 aliphatic carbocycles. The first-order valence-corrected chi connectivity index (χ1v) is 8.57. The molecule has 2 rings (SSSR count). The predicted octanol–water partition coefficient (Wildman–Crippen LogP) is 2.44. The van der Waals surface area contributed by atoms with Crippen molar-refractivity contribution in [2.45, 2.75) is 40.2 Å². The van der Waals surface area contributed by atoms with E-state index in [2.05, 4.69) is 10.4 Å². The first kappa shape index (κ1) is 19.1. The summed E-state index contributed by atoms with van der Waals surface area (Å²) in [6, 6.07) is 8.12. The van der Waals surface area contributed by atoms with Crippen molar-refractivity contribution < 1.29 is 9.90 Å². The fraction of sp³-hybridized carbons (Fsp3) is 0.474. The molecule has 0 fully saturated rings. The zero-order valence-corrected chi connectivity index (χ0v) is 15.7. The van der Waals surface area contributed by atoms with E-state index in [0.29, 0.717) is 13.0 Å². The van der Waals surface area contributed by atoms with Gasteiger partial charge >= 0.3 is 0 Å². The van der Waals surface area contributed by atoms with Gasteiger partial charge in [-0.2, -0.15) is 5.10 Å². The van der Waals surface area contributed by atoms with Crippen LogP contribution >= 0.6 is 0 Å². The van der Waals surface area contributed by atoms with Gasteiger partial charge in [-0.1, -0.05) is 17.7 Å². The number of aliphatic hydroxyl groups is 1. The first-order chi connectivity index (χ1) is 11.8. The van der Waals surface area contributed by atoms with Crippen molar-refractivity contribution in [1.29, 1.82) is 0 Å². The highest BCUT2D eigenvalue weighted by Gasteiger charge is 2.16. The number of hydrogen-bond acceptors (Lipinski definition) is 4. The van der Waals surface area contributed by atoms with E-state index in [1.165, 1.54) is 5.56 Å². The van der Waals surface area contributed by atoms with Crippen LogP contribution in [0.4, 0.5) is 5.69 Å². The minimum absolute atomic E-state index is 0.0808. The fourth-order valence-corrected chi connectivity index (χ4v) is 2.67. The molecule has 1 aromatic heterocycles. The van der Waals surface area contributed by atoms with Crippen LogP contribution in [0, 0.1) is 20.8 Å². The predicted molar refractivity (Wildman–Crippen MR) is 100 cm³/mol. The lowest BCUT2D eigenvalue weighted by Gasteiger charge is -2.17. The maximum absolute atomic E-state index is 12.3. The van der Waals surface area contributed by atoms with E-state index in [1.807, 2.05) is 61.7 Å². The Kier molecular flexibility index (Phi) is 6.33. The van der Waals surface area contributed by atoms with E-state index in [-0.39, 0.29) is 18.6 Å². The lowest BCUT2D eigenvalue weighted by molar-refractivity contribution is -0.117. The van der Waals surface area contributed by atoms with Crippen LogP contribution in [0.1, 0.15) is 30.3 Å². The number of aromatic nitrogens is 2. The van der Waals surface area contributed by atoms with Gasteiger partial charge < -0.3 is 10.4 Å². The van der Waals surface area contributed by atoms with Crippen LogP contribution in [-0.2, 0) is 4.79 Å². The number of anilines is 1. The molecule has 0 saturated heterocycles. The van der Waals surface area contributed by atoms with Crippen LogP contribution in [-0.4, -0.2) is 51.9 Å². The molecular weight excluding hydrogens is 316 g/mol. The lowest BCUT2D eigenvalue weighted by Crippen LogP contribution is -2.32. The van der Waals surface area contributed by atoms with Crippen LogP contribution < -0.4 is 5.32 Å². The molecule has 0 aliphatic rings. The number of nitrogens with zero attached hydrogens (tertiary/aromatic N) is 3. The van der Waals surface area contributed by atoms with Crippen molar-refractivity contribution in [3.63, 3.8) is 0 Å². The summed E-state index contributed by atoms with van der Waals surface area (Å²) in [5, 5.41) is 16.9. The van der Waals surface area contributed by atoms with E-state index < -0.39 is 0 Å². The number of aryl methyl sites for hydroxylation is 2. The van der Waals surface area contributed by atoms with Crippen LogP contribution in [0.2, 0.25) is 0 Å². The summed E-state index contributed by atoms with van der Waals surface area (Å²) < 4.78 is 1.85. The van der Waals surface area contributed by atoms with E-state index in [0.717, 1.165) is 22.8 Å². The Labute approximate surface area is 149 Å². The molecule has 6 nitrogen and oxygen atoms in total. The molecule has 1 aromatic carbocycles. The maximum atomic E-state index is 12.3. The first-order valence-electron chi connectivity index (χ1n) is 8.57. The number of amides is 1. The van der Waals surface area contributed by atoms with Crippen molar-refractivity contribution in [2.24, 2.45) is 0 Å². The highest BCUT2D eigenvalue weighted by molar-refractivity contribution is 5.93. The second-order valence-electron chi connectivity index (χ2n) is 6.72. The van der Waals surface area contributed by atoms with Gasteiger partial charge in [-0.05, 0) is 53.3 Å². The molecule has 25 heavy (non-hydrogen) atoms. The third-order valence-corrected chi connectivity index (χ3v) is 4.18. The number of aliphatic hydroxyl groups excluding tert-OH is 1. The van der Waals surface area contributed by atoms with Gasteiger partial charge in [0.1, 0.15) is 0 Å². The van der Waals surface area contributed by atoms with Crippen LogP contribution in [0.15, 0.2) is 24.3 Å². The Balaban J connectivity index is 2.07. The Morgan fingerprint density at radius 3 is 2.52 bits per heavy atom. The van der Waals surface area contributed by atoms with E-state index in [1.54, 1.807) is 6.92 Å². The summed E-state index contributed by atoms with van der Waals surface area (Å²) in [4.78, 5) is 14.2. The molecule has 1 heterocycles. The molecule has 136 valence electrons. The average Bonchev–Trinajstić information content (AvgIpc) is 2.82. The van der Waals surface area contributed by atoms with Crippen molar-refractivity contribution in [2.75, 3.05) is 25.5 Å². The Morgan fingerprint density at radius 2 is 1.92 bits per heavy atom. The quantitative estimate of drug-likeness (QED) is 0.809. The number of rotatable bonds is 7. The molecule has 6 heteroatoms. The smallest absolute Gasteiger partial charge is 0.238 e. The minimum Gasteiger partial charge on any atom is -0.393 e. The highest BCUT2D eigenvalue weighted by Crippen LogP contribution is 2.23. The molecule has 1 amide bonds. The topological polar surface area (TPSA) is 70.4 Å². The maximum Gasteiger partial charge on any atom is 0.238 e. The van der Waals surface area contributed by atoms with Gasteiger partial charge in [0.15, 0.2) is 0 Å². The Hall–Kier alpha value is -2.18. The standard InChI is InChI=1S/C19H28N4O2/c1-13-6-8-17(9-7-13)23-16(4)19(15(3)21-23)20-18(25)12-22(5)11-10-14(2)24/h6-9,14,24H,10-12H2,1-5H3,(H,20,25). The van der Waals surface area contributed by atoms with Gasteiger partial charge in [-0.25, -0.2) is 4.68 Å². The van der Waals surface area contributed by atoms with Gasteiger partial charge in [0, 0.05) is 6.54 Å². The molecule has 1 unspecified atom stereocenters. The molecule has 2 aromatic rings. The molecule has 0 spiro atoms. The normalized spacial score (nSPS) is 12.4. The van der Waals surface area contributed by atoms with Gasteiger partial charge in [0.25, 0.3) is 0 Å². The molecule has 0 saturated carbocycles. The van der Waals surface area contributed by atoms with E-state index >= 15 is 0 Å². The average molecular weight is 344 g/mol. The summed E-state index contributed by atoms with van der Waals surface area (Å²) in [6.45, 7) is 8.59. The SMILES string of the molecule is Cc1ccc(-n2nc(C)c(NC(=O)CN(C)CCC(C)O)c2C)cc1. The van der Waals surface area contributed by atoms with Crippen molar-refractivity contribution >= 4 is 11.6 Å². The summed E-state index contributed by atoms with van der Waals surface area (Å²) in [7, 11) is 1.87. The van der Waals surface area contributed by atoms with E-state index in [9.17, 15) is 9.90 Å². The van der Waals surface area contributed by atoms with Crippen LogP contribution in [0.3, 0.4) is 0 Å². The van der Waals surface area contributed by atoms with Crippen molar-refractivity contribution in [3.8, 4) is 5.69 Å². The summed E-state index contributed by atoms with van der Waals surface area (Å²) in [5.41, 5.74) is 4.62. The summed E-state index contributed by atoms with van der Waals surface area (Å²) >= 11 is 0. The summed E-state index contributed by atoms with van der Waals surface area (Å²) in [5.74, 6) is -0.0808. The third kappa shape index (κ3) is 5.14. The van der Waals surface area contributed by atoms with Crippen LogP contribution in [0.25, 0.3) is 5.69 Å². The highest BCUT2D eigenvalue weighted by atomic mass is 16.3. The zero-order chi connectivity index (χ0) is 18.6. The Morgan fingerprint density at radius 1 is 1.28 bits per heavy atom.